The molecule has 0 aliphatic heterocycles. The molecule has 0 atom stereocenters. The summed E-state index contributed by atoms with van der Waals surface area (Å²) in [5.41, 5.74) is 1.31. The predicted molar refractivity (Wildman–Crippen MR) is 99.3 cm³/mol. The molecule has 0 saturated carbocycles. The van der Waals surface area contributed by atoms with Gasteiger partial charge in [0.1, 0.15) is 22.5 Å². The van der Waals surface area contributed by atoms with E-state index >= 15 is 0 Å². The minimum Gasteiger partial charge on any atom is -0.507 e. The zero-order valence-corrected chi connectivity index (χ0v) is 15.2. The van der Waals surface area contributed by atoms with Crippen LogP contribution in [0.25, 0.3) is 22.3 Å². The highest BCUT2D eigenvalue weighted by atomic mass is 16.5. The number of phenols is 1. The molecule has 0 saturated heterocycles. The molecule has 0 spiro atoms. The van der Waals surface area contributed by atoms with Gasteiger partial charge in [-0.05, 0) is 30.2 Å². The summed E-state index contributed by atoms with van der Waals surface area (Å²) in [7, 11) is 2.88. The molecule has 1 aromatic heterocycles. The zero-order chi connectivity index (χ0) is 19.7. The van der Waals surface area contributed by atoms with Gasteiger partial charge in [-0.3, -0.25) is 4.79 Å². The summed E-state index contributed by atoms with van der Waals surface area (Å²) in [5.74, 6) is 0.281. The Kier molecular flexibility index (Phi) is 5.07. The first-order valence-corrected chi connectivity index (χ1v) is 8.22. The number of aromatic hydroxyl groups is 1. The van der Waals surface area contributed by atoms with Crippen molar-refractivity contribution in [1.29, 1.82) is 0 Å². The van der Waals surface area contributed by atoms with E-state index in [9.17, 15) is 20.1 Å². The van der Waals surface area contributed by atoms with Crippen molar-refractivity contribution in [2.75, 3.05) is 14.2 Å². The van der Waals surface area contributed by atoms with E-state index in [0.29, 0.717) is 11.3 Å². The van der Waals surface area contributed by atoms with Gasteiger partial charge in [0.25, 0.3) is 0 Å². The number of aryl methyl sites for hydroxylation is 1. The van der Waals surface area contributed by atoms with Crippen LogP contribution >= 0.6 is 0 Å². The van der Waals surface area contributed by atoms with Gasteiger partial charge in [0.15, 0.2) is 5.76 Å². The Morgan fingerprint density at radius 2 is 1.81 bits per heavy atom. The van der Waals surface area contributed by atoms with Crippen LogP contribution in [0, 0.1) is 6.92 Å². The van der Waals surface area contributed by atoms with Crippen LogP contribution in [0.4, 0.5) is 0 Å². The van der Waals surface area contributed by atoms with Crippen molar-refractivity contribution < 1.29 is 29.2 Å². The van der Waals surface area contributed by atoms with Gasteiger partial charge in [-0.25, -0.2) is 0 Å². The molecular weight excluding hydrogens is 352 g/mol. The van der Waals surface area contributed by atoms with Crippen molar-refractivity contribution in [3.8, 4) is 28.6 Å². The molecule has 2 aromatic carbocycles. The maximum Gasteiger partial charge on any atom is 0.239 e. The molecule has 0 aliphatic carbocycles. The lowest BCUT2D eigenvalue weighted by Crippen LogP contribution is -2.09. The van der Waals surface area contributed by atoms with Crippen LogP contribution in [-0.2, 0) is 13.2 Å². The Bertz CT molecular complexity index is 1070. The standard InChI is InChI=1S/C20H20O7/c1-10-4-5-11(6-14(10)25-2)19-20(26-3)18(24)16-15(27-19)7-12(8-21)13(9-22)17(16)23/h4-7,21-23H,8-9H2,1-3H3. The van der Waals surface area contributed by atoms with E-state index < -0.39 is 24.4 Å². The fourth-order valence-corrected chi connectivity index (χ4v) is 3.06. The predicted octanol–water partition coefficient (Wildman–Crippen LogP) is 2.48. The van der Waals surface area contributed by atoms with E-state index in [2.05, 4.69) is 0 Å². The molecule has 7 nitrogen and oxygen atoms in total. The Morgan fingerprint density at radius 3 is 2.41 bits per heavy atom. The molecule has 0 amide bonds. The summed E-state index contributed by atoms with van der Waals surface area (Å²) in [6, 6.07) is 6.73. The Morgan fingerprint density at radius 1 is 1.07 bits per heavy atom. The summed E-state index contributed by atoms with van der Waals surface area (Å²) in [5, 5.41) is 29.3. The SMILES string of the molecule is COc1cc(-c2oc3cc(CO)c(CO)c(O)c3c(=O)c2OC)ccc1C. The molecular formula is C20H20O7. The van der Waals surface area contributed by atoms with Gasteiger partial charge in [0.2, 0.25) is 11.2 Å². The highest BCUT2D eigenvalue weighted by molar-refractivity contribution is 5.89. The highest BCUT2D eigenvalue weighted by Gasteiger charge is 2.23. The average molecular weight is 372 g/mol. The van der Waals surface area contributed by atoms with Gasteiger partial charge in [-0.15, -0.1) is 0 Å². The number of methoxy groups -OCH3 is 2. The Hall–Kier alpha value is -3.03. The van der Waals surface area contributed by atoms with E-state index in [4.69, 9.17) is 13.9 Å². The lowest BCUT2D eigenvalue weighted by Gasteiger charge is -2.14. The van der Waals surface area contributed by atoms with E-state index in [1.807, 2.05) is 13.0 Å². The summed E-state index contributed by atoms with van der Waals surface area (Å²) in [6.07, 6.45) is 0. The van der Waals surface area contributed by atoms with E-state index in [1.165, 1.54) is 13.2 Å². The second-order valence-electron chi connectivity index (χ2n) is 6.03. The zero-order valence-electron chi connectivity index (χ0n) is 15.2. The van der Waals surface area contributed by atoms with Gasteiger partial charge in [-0.1, -0.05) is 12.1 Å². The fourth-order valence-electron chi connectivity index (χ4n) is 3.06. The van der Waals surface area contributed by atoms with Gasteiger partial charge in [-0.2, -0.15) is 0 Å². The molecule has 0 fully saturated rings. The number of aliphatic hydroxyl groups excluding tert-OH is 2. The summed E-state index contributed by atoms with van der Waals surface area (Å²) < 4.78 is 16.5. The molecule has 27 heavy (non-hydrogen) atoms. The molecule has 7 heteroatoms. The van der Waals surface area contributed by atoms with Crippen molar-refractivity contribution in [3.05, 3.63) is 51.2 Å². The van der Waals surface area contributed by atoms with Gasteiger partial charge < -0.3 is 29.2 Å². The molecule has 3 aromatic rings. The monoisotopic (exact) mass is 372 g/mol. The Balaban J connectivity index is 2.40. The number of fused-ring (bicyclic) bond motifs is 1. The second kappa shape index (κ2) is 7.30. The normalized spacial score (nSPS) is 11.0. The van der Waals surface area contributed by atoms with Crippen LogP contribution in [0.3, 0.4) is 0 Å². The number of benzene rings is 2. The van der Waals surface area contributed by atoms with Crippen LogP contribution in [0.5, 0.6) is 17.2 Å². The number of aliphatic hydroxyl groups is 2. The van der Waals surface area contributed by atoms with Crippen LogP contribution in [-0.4, -0.2) is 29.5 Å². The van der Waals surface area contributed by atoms with Gasteiger partial charge in [0, 0.05) is 11.1 Å². The lowest BCUT2D eigenvalue weighted by molar-refractivity contribution is 0.255. The van der Waals surface area contributed by atoms with Crippen LogP contribution in [0.1, 0.15) is 16.7 Å². The first-order valence-electron chi connectivity index (χ1n) is 8.22. The largest absolute Gasteiger partial charge is 0.507 e. The van der Waals surface area contributed by atoms with Gasteiger partial charge in [0.05, 0.1) is 27.4 Å². The number of hydrogen-bond donors (Lipinski definition) is 3. The van der Waals surface area contributed by atoms with E-state index in [0.717, 1.165) is 5.56 Å². The third-order valence-electron chi connectivity index (χ3n) is 4.52. The van der Waals surface area contributed by atoms with Crippen molar-refractivity contribution in [2.45, 2.75) is 20.1 Å². The molecule has 0 radical (unpaired) electrons. The molecule has 1 heterocycles. The van der Waals surface area contributed by atoms with Crippen LogP contribution in [0.2, 0.25) is 0 Å². The smallest absolute Gasteiger partial charge is 0.239 e. The maximum atomic E-state index is 12.9. The quantitative estimate of drug-likeness (QED) is 0.631. The first kappa shape index (κ1) is 18.8. The maximum absolute atomic E-state index is 12.9. The highest BCUT2D eigenvalue weighted by Crippen LogP contribution is 2.37. The van der Waals surface area contributed by atoms with E-state index in [1.54, 1.807) is 19.2 Å². The van der Waals surface area contributed by atoms with Crippen LogP contribution in [0.15, 0.2) is 33.5 Å². The van der Waals surface area contributed by atoms with E-state index in [-0.39, 0.29) is 33.6 Å². The molecule has 3 N–H and O–H groups in total. The number of ether oxygens (including phenoxy) is 2. The number of rotatable bonds is 5. The average Bonchev–Trinajstić information content (AvgIpc) is 2.67. The molecule has 0 unspecified atom stereocenters. The summed E-state index contributed by atoms with van der Waals surface area (Å²) in [4.78, 5) is 12.9. The van der Waals surface area contributed by atoms with Crippen molar-refractivity contribution in [1.82, 2.24) is 0 Å². The fraction of sp³-hybridized carbons (Fsp3) is 0.250. The molecule has 0 bridgehead atoms. The Labute approximate surface area is 155 Å². The third kappa shape index (κ3) is 3.01. The summed E-state index contributed by atoms with van der Waals surface area (Å²) in [6.45, 7) is 0.928. The van der Waals surface area contributed by atoms with Crippen LogP contribution < -0.4 is 14.9 Å². The molecule has 142 valence electrons. The van der Waals surface area contributed by atoms with Crippen molar-refractivity contribution in [2.24, 2.45) is 0 Å². The minimum absolute atomic E-state index is 0.0732. The molecule has 3 rings (SSSR count). The first-order chi connectivity index (χ1) is 13.0. The van der Waals surface area contributed by atoms with Crippen molar-refractivity contribution >= 4 is 11.0 Å². The topological polar surface area (TPSA) is 109 Å². The number of hydrogen-bond acceptors (Lipinski definition) is 7. The summed E-state index contributed by atoms with van der Waals surface area (Å²) >= 11 is 0. The minimum atomic E-state index is -0.579. The lowest BCUT2D eigenvalue weighted by atomic mass is 10.0. The van der Waals surface area contributed by atoms with Crippen molar-refractivity contribution in [3.63, 3.8) is 0 Å². The molecule has 0 aliphatic rings. The second-order valence-corrected chi connectivity index (χ2v) is 6.03. The third-order valence-corrected chi connectivity index (χ3v) is 4.52. The van der Waals surface area contributed by atoms with Gasteiger partial charge >= 0.3 is 0 Å².